The molecule has 0 aliphatic carbocycles. The van der Waals surface area contributed by atoms with E-state index in [4.69, 9.17) is 4.74 Å². The summed E-state index contributed by atoms with van der Waals surface area (Å²) < 4.78 is 5.72. The molecule has 0 radical (unpaired) electrons. The standard InChI is InChI=1S/C15H28O2/c1-7-9-10-11-15(8-2,13(5)6)17-14(16)12(3)4/h13H,3,7-11H2,1-2,4-6H3. The van der Waals surface area contributed by atoms with E-state index in [-0.39, 0.29) is 11.6 Å². The van der Waals surface area contributed by atoms with Crippen molar-refractivity contribution in [2.24, 2.45) is 5.92 Å². The SMILES string of the molecule is C=C(C)C(=O)OC(CC)(CCCCC)C(C)C. The van der Waals surface area contributed by atoms with Gasteiger partial charge in [0, 0.05) is 5.57 Å². The zero-order valence-electron chi connectivity index (χ0n) is 12.1. The first kappa shape index (κ1) is 16.2. The van der Waals surface area contributed by atoms with Crippen molar-refractivity contribution in [1.29, 1.82) is 0 Å². The quantitative estimate of drug-likeness (QED) is 0.355. The molecule has 1 atom stereocenters. The molecule has 0 fully saturated rings. The molecule has 2 heteroatoms. The van der Waals surface area contributed by atoms with Gasteiger partial charge in [0.05, 0.1) is 0 Å². The monoisotopic (exact) mass is 240 g/mol. The Morgan fingerprint density at radius 1 is 1.29 bits per heavy atom. The van der Waals surface area contributed by atoms with Crippen LogP contribution in [0, 0.1) is 5.92 Å². The van der Waals surface area contributed by atoms with Gasteiger partial charge in [-0.25, -0.2) is 4.79 Å². The predicted molar refractivity (Wildman–Crippen MR) is 72.9 cm³/mol. The van der Waals surface area contributed by atoms with E-state index in [1.807, 2.05) is 0 Å². The fourth-order valence-electron chi connectivity index (χ4n) is 2.06. The number of ether oxygens (including phenoxy) is 1. The number of esters is 1. The van der Waals surface area contributed by atoms with E-state index in [0.29, 0.717) is 11.5 Å². The lowest BCUT2D eigenvalue weighted by Crippen LogP contribution is -2.40. The number of hydrogen-bond donors (Lipinski definition) is 0. The Labute approximate surface area is 106 Å². The molecule has 0 aromatic rings. The fourth-order valence-corrected chi connectivity index (χ4v) is 2.06. The molecule has 17 heavy (non-hydrogen) atoms. The van der Waals surface area contributed by atoms with Crippen molar-refractivity contribution in [1.82, 2.24) is 0 Å². The number of hydrogen-bond acceptors (Lipinski definition) is 2. The molecule has 0 spiro atoms. The summed E-state index contributed by atoms with van der Waals surface area (Å²) in [6, 6.07) is 0. The summed E-state index contributed by atoms with van der Waals surface area (Å²) in [6.45, 7) is 13.9. The van der Waals surface area contributed by atoms with Crippen LogP contribution in [-0.4, -0.2) is 11.6 Å². The maximum atomic E-state index is 11.7. The maximum Gasteiger partial charge on any atom is 0.333 e. The first-order chi connectivity index (χ1) is 7.89. The van der Waals surface area contributed by atoms with Crippen LogP contribution in [0.4, 0.5) is 0 Å². The molecule has 0 aliphatic heterocycles. The Morgan fingerprint density at radius 3 is 2.24 bits per heavy atom. The molecular formula is C15H28O2. The second-order valence-electron chi connectivity index (χ2n) is 5.20. The van der Waals surface area contributed by atoms with E-state index in [0.717, 1.165) is 19.3 Å². The van der Waals surface area contributed by atoms with Crippen molar-refractivity contribution in [3.8, 4) is 0 Å². The van der Waals surface area contributed by atoms with Gasteiger partial charge in [-0.15, -0.1) is 0 Å². The zero-order chi connectivity index (χ0) is 13.5. The smallest absolute Gasteiger partial charge is 0.333 e. The molecule has 0 N–H and O–H groups in total. The van der Waals surface area contributed by atoms with Crippen LogP contribution < -0.4 is 0 Å². The third-order valence-corrected chi connectivity index (χ3v) is 3.50. The van der Waals surface area contributed by atoms with E-state index in [1.165, 1.54) is 12.8 Å². The maximum absolute atomic E-state index is 11.7. The van der Waals surface area contributed by atoms with Crippen LogP contribution in [-0.2, 0) is 9.53 Å². The molecule has 0 bridgehead atoms. The van der Waals surface area contributed by atoms with Crippen LogP contribution in [0.2, 0.25) is 0 Å². The van der Waals surface area contributed by atoms with E-state index in [1.54, 1.807) is 6.92 Å². The van der Waals surface area contributed by atoms with Crippen molar-refractivity contribution in [3.05, 3.63) is 12.2 Å². The van der Waals surface area contributed by atoms with Gasteiger partial charge in [0.15, 0.2) is 0 Å². The van der Waals surface area contributed by atoms with Crippen LogP contribution in [0.3, 0.4) is 0 Å². The topological polar surface area (TPSA) is 26.3 Å². The minimum Gasteiger partial charge on any atom is -0.455 e. The third kappa shape index (κ3) is 4.93. The van der Waals surface area contributed by atoms with E-state index >= 15 is 0 Å². The van der Waals surface area contributed by atoms with Crippen LogP contribution in [0.5, 0.6) is 0 Å². The van der Waals surface area contributed by atoms with Gasteiger partial charge < -0.3 is 4.74 Å². The summed E-state index contributed by atoms with van der Waals surface area (Å²) in [7, 11) is 0. The molecule has 0 aliphatic rings. The Morgan fingerprint density at radius 2 is 1.88 bits per heavy atom. The van der Waals surface area contributed by atoms with Crippen molar-refractivity contribution >= 4 is 5.97 Å². The molecule has 100 valence electrons. The number of unbranched alkanes of at least 4 members (excludes halogenated alkanes) is 2. The third-order valence-electron chi connectivity index (χ3n) is 3.50. The van der Waals surface area contributed by atoms with Gasteiger partial charge in [-0.1, -0.05) is 47.1 Å². The number of carbonyl (C=O) groups excluding carboxylic acids is 1. The molecule has 1 unspecified atom stereocenters. The molecule has 0 amide bonds. The Balaban J connectivity index is 4.70. The van der Waals surface area contributed by atoms with Crippen molar-refractivity contribution in [2.75, 3.05) is 0 Å². The van der Waals surface area contributed by atoms with Crippen LogP contribution in [0.1, 0.15) is 66.7 Å². The Hall–Kier alpha value is -0.790. The summed E-state index contributed by atoms with van der Waals surface area (Å²) in [4.78, 5) is 11.7. The lowest BCUT2D eigenvalue weighted by atomic mass is 9.82. The molecule has 2 nitrogen and oxygen atoms in total. The van der Waals surface area contributed by atoms with E-state index in [2.05, 4.69) is 34.3 Å². The van der Waals surface area contributed by atoms with Gasteiger partial charge in [0.1, 0.15) is 5.60 Å². The normalized spacial score (nSPS) is 14.5. The van der Waals surface area contributed by atoms with Crippen LogP contribution >= 0.6 is 0 Å². The highest BCUT2D eigenvalue weighted by molar-refractivity contribution is 5.87. The molecule has 0 rings (SSSR count). The van der Waals surface area contributed by atoms with Gasteiger partial charge in [-0.05, 0) is 32.1 Å². The molecule has 0 aromatic heterocycles. The highest BCUT2D eigenvalue weighted by Gasteiger charge is 2.35. The minimum absolute atomic E-state index is 0.253. The summed E-state index contributed by atoms with van der Waals surface area (Å²) in [5.74, 6) is 0.0877. The van der Waals surface area contributed by atoms with E-state index < -0.39 is 0 Å². The van der Waals surface area contributed by atoms with Gasteiger partial charge in [0.25, 0.3) is 0 Å². The molecule has 0 saturated carbocycles. The van der Waals surface area contributed by atoms with Gasteiger partial charge in [-0.2, -0.15) is 0 Å². The van der Waals surface area contributed by atoms with Crippen LogP contribution in [0.25, 0.3) is 0 Å². The zero-order valence-corrected chi connectivity index (χ0v) is 12.1. The van der Waals surface area contributed by atoms with Crippen molar-refractivity contribution in [3.63, 3.8) is 0 Å². The Bertz CT molecular complexity index is 256. The average Bonchev–Trinajstić information content (AvgIpc) is 2.27. The summed E-state index contributed by atoms with van der Waals surface area (Å²) in [5, 5.41) is 0. The van der Waals surface area contributed by atoms with Crippen LogP contribution in [0.15, 0.2) is 12.2 Å². The fraction of sp³-hybridized carbons (Fsp3) is 0.800. The predicted octanol–water partition coefficient (Wildman–Crippen LogP) is 4.49. The Kier molecular flexibility index (Phi) is 7.17. The minimum atomic E-state index is -0.314. The highest BCUT2D eigenvalue weighted by Crippen LogP contribution is 2.32. The largest absolute Gasteiger partial charge is 0.455 e. The molecule has 0 saturated heterocycles. The lowest BCUT2D eigenvalue weighted by Gasteiger charge is -2.36. The molecular weight excluding hydrogens is 212 g/mol. The lowest BCUT2D eigenvalue weighted by molar-refractivity contribution is -0.162. The number of rotatable bonds is 8. The average molecular weight is 240 g/mol. The number of carbonyl (C=O) groups is 1. The summed E-state index contributed by atoms with van der Waals surface area (Å²) in [5.41, 5.74) is 0.171. The second kappa shape index (κ2) is 7.52. The van der Waals surface area contributed by atoms with Gasteiger partial charge >= 0.3 is 5.97 Å². The second-order valence-corrected chi connectivity index (χ2v) is 5.20. The van der Waals surface area contributed by atoms with Crippen molar-refractivity contribution in [2.45, 2.75) is 72.3 Å². The van der Waals surface area contributed by atoms with Gasteiger partial charge in [0.2, 0.25) is 0 Å². The highest BCUT2D eigenvalue weighted by atomic mass is 16.6. The first-order valence-electron chi connectivity index (χ1n) is 6.78. The van der Waals surface area contributed by atoms with E-state index in [9.17, 15) is 4.79 Å². The molecule has 0 aromatic carbocycles. The van der Waals surface area contributed by atoms with Gasteiger partial charge in [-0.3, -0.25) is 0 Å². The van der Waals surface area contributed by atoms with Crippen molar-refractivity contribution < 1.29 is 9.53 Å². The summed E-state index contributed by atoms with van der Waals surface area (Å²) in [6.07, 6.45) is 5.32. The summed E-state index contributed by atoms with van der Waals surface area (Å²) >= 11 is 0. The molecule has 0 heterocycles. The first-order valence-corrected chi connectivity index (χ1v) is 6.78.